The highest BCUT2D eigenvalue weighted by Gasteiger charge is 2.37. The Bertz CT molecular complexity index is 1960. The molecule has 1 unspecified atom stereocenters. The monoisotopic (exact) mass is 627 g/mol. The van der Waals surface area contributed by atoms with Gasteiger partial charge in [0.25, 0.3) is 5.91 Å². The summed E-state index contributed by atoms with van der Waals surface area (Å²) in [6.07, 6.45) is 6.93. The molecule has 6 rings (SSSR count). The van der Waals surface area contributed by atoms with E-state index in [1.807, 2.05) is 19.2 Å². The number of rotatable bonds is 7. The van der Waals surface area contributed by atoms with Gasteiger partial charge >= 0.3 is 5.97 Å². The van der Waals surface area contributed by atoms with Crippen molar-refractivity contribution in [1.82, 2.24) is 39.9 Å². The molecular formula is C30H23ClFN9O4. The Hall–Kier alpha value is -5.76. The van der Waals surface area contributed by atoms with Gasteiger partial charge in [-0.25, -0.2) is 14.2 Å². The van der Waals surface area contributed by atoms with Crippen molar-refractivity contribution in [3.05, 3.63) is 106 Å². The summed E-state index contributed by atoms with van der Waals surface area (Å²) in [6, 6.07) is 11.8. The first-order chi connectivity index (χ1) is 21.7. The van der Waals surface area contributed by atoms with Crippen LogP contribution in [0.5, 0.6) is 0 Å². The second kappa shape index (κ2) is 12.1. The molecule has 2 aromatic carbocycles. The van der Waals surface area contributed by atoms with Gasteiger partial charge in [-0.3, -0.25) is 14.3 Å². The third-order valence-corrected chi connectivity index (χ3v) is 7.70. The number of nitrogens with one attached hydrogen (secondary N) is 1. The van der Waals surface area contributed by atoms with E-state index in [1.165, 1.54) is 52.3 Å². The lowest BCUT2D eigenvalue weighted by Crippen LogP contribution is -2.45. The third-order valence-electron chi connectivity index (χ3n) is 7.41. The van der Waals surface area contributed by atoms with Gasteiger partial charge in [-0.15, -0.1) is 5.10 Å². The van der Waals surface area contributed by atoms with E-state index in [0.29, 0.717) is 12.0 Å². The molecule has 0 spiro atoms. The van der Waals surface area contributed by atoms with Gasteiger partial charge in [-0.05, 0) is 64.4 Å². The number of nitrogens with zero attached hydrogens (tertiary/aromatic N) is 8. The summed E-state index contributed by atoms with van der Waals surface area (Å²) in [5.41, 5.74) is 3.33. The molecule has 1 aliphatic rings. The zero-order chi connectivity index (χ0) is 31.7. The standard InChI is InChI=1S/C30H23ClFN9O4/c1-39-23(11-13-35-39)19-3-2-4-20-18(19)12-14-40(28(20)29(43)36-25-9-5-17(15-33-25)30(44)45)26(42)10-6-21-24(41-16-34-37-38-41)8-7-22(31)27(21)32/h2-11,13,15-16,28H,12,14H2,1H3,(H,44,45)(H,33,36,43)/b10-6+. The SMILES string of the molecule is Cn1nccc1-c1cccc2c1CCN(C(=O)/C=C/c1c(-n3cnnn3)ccc(Cl)c1F)C2C(=O)Nc1ccc(C(=O)O)cn1. The molecule has 45 heavy (non-hydrogen) atoms. The summed E-state index contributed by atoms with van der Waals surface area (Å²) in [7, 11) is 1.81. The molecule has 0 saturated carbocycles. The number of pyridine rings is 1. The van der Waals surface area contributed by atoms with Crippen LogP contribution in [0.1, 0.15) is 33.1 Å². The highest BCUT2D eigenvalue weighted by atomic mass is 35.5. The lowest BCUT2D eigenvalue weighted by molar-refractivity contribution is -0.135. The molecule has 1 aliphatic heterocycles. The molecule has 0 saturated heterocycles. The lowest BCUT2D eigenvalue weighted by Gasteiger charge is -2.36. The fourth-order valence-electron chi connectivity index (χ4n) is 5.29. The number of aromatic nitrogens is 7. The van der Waals surface area contributed by atoms with E-state index in [0.717, 1.165) is 23.0 Å². The number of hydrogen-bond acceptors (Lipinski definition) is 8. The van der Waals surface area contributed by atoms with E-state index in [2.05, 4.69) is 30.9 Å². The number of carboxylic acids is 1. The minimum Gasteiger partial charge on any atom is -0.478 e. The first-order valence-corrected chi connectivity index (χ1v) is 13.9. The molecule has 2 amide bonds. The van der Waals surface area contributed by atoms with Gasteiger partial charge in [0, 0.05) is 43.2 Å². The summed E-state index contributed by atoms with van der Waals surface area (Å²) in [4.78, 5) is 44.4. The number of carbonyl (C=O) groups is 3. The predicted octanol–water partition coefficient (Wildman–Crippen LogP) is 3.73. The van der Waals surface area contributed by atoms with Crippen LogP contribution in [-0.4, -0.2) is 69.3 Å². The average Bonchev–Trinajstić information content (AvgIpc) is 3.73. The summed E-state index contributed by atoms with van der Waals surface area (Å²) in [5.74, 6) is -2.97. The van der Waals surface area contributed by atoms with Gasteiger partial charge in [0.2, 0.25) is 5.91 Å². The van der Waals surface area contributed by atoms with Crippen LogP contribution in [0.15, 0.2) is 73.3 Å². The van der Waals surface area contributed by atoms with Crippen LogP contribution >= 0.6 is 11.6 Å². The van der Waals surface area contributed by atoms with Crippen LogP contribution in [-0.2, 0) is 23.1 Å². The van der Waals surface area contributed by atoms with Gasteiger partial charge < -0.3 is 15.3 Å². The van der Waals surface area contributed by atoms with E-state index in [9.17, 15) is 19.5 Å². The van der Waals surface area contributed by atoms with Gasteiger partial charge in [0.05, 0.1) is 22.0 Å². The first-order valence-electron chi connectivity index (χ1n) is 13.5. The zero-order valence-corrected chi connectivity index (χ0v) is 24.3. The maximum atomic E-state index is 15.2. The Morgan fingerprint density at radius 2 is 1.98 bits per heavy atom. The van der Waals surface area contributed by atoms with Crippen molar-refractivity contribution in [2.75, 3.05) is 11.9 Å². The first kappa shape index (κ1) is 29.3. The Balaban J connectivity index is 1.38. The highest BCUT2D eigenvalue weighted by Crippen LogP contribution is 2.37. The van der Waals surface area contributed by atoms with Gasteiger partial charge in [-0.2, -0.15) is 9.78 Å². The van der Waals surface area contributed by atoms with Crippen LogP contribution < -0.4 is 5.32 Å². The summed E-state index contributed by atoms with van der Waals surface area (Å²) < 4.78 is 18.1. The largest absolute Gasteiger partial charge is 0.478 e. The normalized spacial score (nSPS) is 14.4. The van der Waals surface area contributed by atoms with Crippen LogP contribution in [0.2, 0.25) is 5.02 Å². The maximum absolute atomic E-state index is 15.2. The number of fused-ring (bicyclic) bond motifs is 1. The van der Waals surface area contributed by atoms with E-state index >= 15 is 4.39 Å². The summed E-state index contributed by atoms with van der Waals surface area (Å²) >= 11 is 6.04. The number of benzene rings is 2. The minimum absolute atomic E-state index is 0.0252. The molecule has 13 nitrogen and oxygen atoms in total. The van der Waals surface area contributed by atoms with Crippen molar-refractivity contribution in [3.63, 3.8) is 0 Å². The second-order valence-electron chi connectivity index (χ2n) is 10.0. The van der Waals surface area contributed by atoms with Crippen molar-refractivity contribution < 1.29 is 23.9 Å². The van der Waals surface area contributed by atoms with Crippen molar-refractivity contribution in [3.8, 4) is 16.9 Å². The number of hydrogen-bond donors (Lipinski definition) is 2. The molecule has 3 aromatic heterocycles. The fraction of sp³-hybridized carbons (Fsp3) is 0.133. The smallest absolute Gasteiger partial charge is 0.337 e. The second-order valence-corrected chi connectivity index (χ2v) is 10.4. The third kappa shape index (κ3) is 5.65. The molecule has 1 atom stereocenters. The van der Waals surface area contributed by atoms with Gasteiger partial charge in [0.1, 0.15) is 18.2 Å². The summed E-state index contributed by atoms with van der Waals surface area (Å²) in [5, 5.41) is 27.0. The van der Waals surface area contributed by atoms with Crippen LogP contribution in [0.25, 0.3) is 23.0 Å². The van der Waals surface area contributed by atoms with E-state index < -0.39 is 29.6 Å². The Morgan fingerprint density at radius 1 is 1.13 bits per heavy atom. The summed E-state index contributed by atoms with van der Waals surface area (Å²) in [6.45, 7) is 0.159. The van der Waals surface area contributed by atoms with Gasteiger partial charge in [0.15, 0.2) is 5.82 Å². The molecule has 226 valence electrons. The predicted molar refractivity (Wildman–Crippen MR) is 160 cm³/mol. The molecule has 15 heteroatoms. The van der Waals surface area contributed by atoms with Crippen molar-refractivity contribution in [1.29, 1.82) is 0 Å². The molecule has 0 bridgehead atoms. The number of aryl methyl sites for hydroxylation is 1. The van der Waals surface area contributed by atoms with Crippen LogP contribution in [0, 0.1) is 5.82 Å². The van der Waals surface area contributed by atoms with Crippen LogP contribution in [0.4, 0.5) is 10.2 Å². The van der Waals surface area contributed by atoms with Crippen molar-refractivity contribution in [2.24, 2.45) is 7.05 Å². The Kier molecular flexibility index (Phi) is 7.87. The molecule has 0 radical (unpaired) electrons. The molecule has 2 N–H and O–H groups in total. The molecular weight excluding hydrogens is 605 g/mol. The number of amides is 2. The number of aromatic carboxylic acids is 1. The Morgan fingerprint density at radius 3 is 2.67 bits per heavy atom. The van der Waals surface area contributed by atoms with Gasteiger partial charge in [-0.1, -0.05) is 29.8 Å². The number of anilines is 1. The number of tetrazole rings is 1. The number of carbonyl (C=O) groups excluding carboxylic acids is 2. The molecule has 5 aromatic rings. The molecule has 0 aliphatic carbocycles. The Labute approximate surface area is 259 Å². The quantitative estimate of drug-likeness (QED) is 0.256. The zero-order valence-electron chi connectivity index (χ0n) is 23.5. The van der Waals surface area contributed by atoms with Crippen molar-refractivity contribution in [2.45, 2.75) is 12.5 Å². The highest BCUT2D eigenvalue weighted by molar-refractivity contribution is 6.31. The number of halogens is 2. The maximum Gasteiger partial charge on any atom is 0.337 e. The lowest BCUT2D eigenvalue weighted by atomic mass is 9.87. The number of carboxylic acid groups (broad SMARTS) is 1. The van der Waals surface area contributed by atoms with E-state index in [1.54, 1.807) is 23.0 Å². The van der Waals surface area contributed by atoms with E-state index in [4.69, 9.17) is 11.6 Å². The average molecular weight is 628 g/mol. The topological polar surface area (TPSA) is 161 Å². The van der Waals surface area contributed by atoms with Crippen LogP contribution in [0.3, 0.4) is 0 Å². The van der Waals surface area contributed by atoms with E-state index in [-0.39, 0.29) is 34.2 Å². The molecule has 0 fully saturated rings. The minimum atomic E-state index is -1.16. The fourth-order valence-corrected chi connectivity index (χ4v) is 5.46. The van der Waals surface area contributed by atoms with Crippen molar-refractivity contribution >= 4 is 41.3 Å². The molecule has 4 heterocycles.